The number of aromatic nitrogens is 4. The highest BCUT2D eigenvalue weighted by Crippen LogP contribution is 2.07. The van der Waals surface area contributed by atoms with Crippen LogP contribution in [0.1, 0.15) is 24.9 Å². The highest BCUT2D eigenvalue weighted by atomic mass is 15.1. The molecule has 0 spiro atoms. The van der Waals surface area contributed by atoms with Gasteiger partial charge in [-0.15, -0.1) is 0 Å². The molecule has 5 nitrogen and oxygen atoms in total. The first-order valence-electron chi connectivity index (χ1n) is 5.36. The van der Waals surface area contributed by atoms with E-state index in [1.165, 1.54) is 6.33 Å². The molecule has 0 aromatic carbocycles. The zero-order valence-corrected chi connectivity index (χ0v) is 9.30. The van der Waals surface area contributed by atoms with Gasteiger partial charge in [0.15, 0.2) is 0 Å². The molecule has 0 unspecified atom stereocenters. The fraction of sp³-hybridized carbons (Fsp3) is 0.364. The molecule has 0 aliphatic carbocycles. The Balaban J connectivity index is 2.17. The van der Waals surface area contributed by atoms with Gasteiger partial charge in [0.2, 0.25) is 0 Å². The van der Waals surface area contributed by atoms with Crippen LogP contribution in [0.2, 0.25) is 0 Å². The number of aryl methyl sites for hydroxylation is 1. The summed E-state index contributed by atoms with van der Waals surface area (Å²) in [6.07, 6.45) is 7.08. The third kappa shape index (κ3) is 2.36. The second-order valence-corrected chi connectivity index (χ2v) is 3.65. The molecule has 84 valence electrons. The molecule has 2 aromatic heterocycles. The summed E-state index contributed by atoms with van der Waals surface area (Å²) in [6.45, 7) is 3.13. The van der Waals surface area contributed by atoms with Crippen molar-refractivity contribution in [3.05, 3.63) is 36.3 Å². The predicted molar refractivity (Wildman–Crippen MR) is 61.8 cm³/mol. The molecule has 2 rings (SSSR count). The van der Waals surface area contributed by atoms with Crippen LogP contribution in [0, 0.1) is 0 Å². The van der Waals surface area contributed by atoms with Crippen molar-refractivity contribution < 1.29 is 0 Å². The Kier molecular flexibility index (Phi) is 3.14. The van der Waals surface area contributed by atoms with Crippen molar-refractivity contribution in [3.63, 3.8) is 0 Å². The molecule has 0 amide bonds. The van der Waals surface area contributed by atoms with Crippen LogP contribution in [0.3, 0.4) is 0 Å². The molecule has 0 saturated heterocycles. The monoisotopic (exact) mass is 217 g/mol. The third-order valence-corrected chi connectivity index (χ3v) is 2.35. The molecule has 0 atom stereocenters. The normalized spacial score (nSPS) is 10.6. The zero-order valence-electron chi connectivity index (χ0n) is 9.30. The van der Waals surface area contributed by atoms with Gasteiger partial charge in [0.1, 0.15) is 18.0 Å². The minimum absolute atomic E-state index is 0.499. The Morgan fingerprint density at radius 1 is 1.31 bits per heavy atom. The van der Waals surface area contributed by atoms with Gasteiger partial charge in [-0.25, -0.2) is 15.0 Å². The lowest BCUT2D eigenvalue weighted by molar-refractivity contribution is 0.644. The lowest BCUT2D eigenvalue weighted by Gasteiger charge is -2.05. The van der Waals surface area contributed by atoms with Gasteiger partial charge >= 0.3 is 0 Å². The van der Waals surface area contributed by atoms with Gasteiger partial charge in [-0.3, -0.25) is 0 Å². The summed E-state index contributed by atoms with van der Waals surface area (Å²) in [4.78, 5) is 12.4. The van der Waals surface area contributed by atoms with Crippen molar-refractivity contribution in [3.8, 4) is 0 Å². The van der Waals surface area contributed by atoms with E-state index in [1.54, 1.807) is 6.07 Å². The van der Waals surface area contributed by atoms with Crippen LogP contribution in [0.5, 0.6) is 0 Å². The summed E-state index contributed by atoms with van der Waals surface area (Å²) in [5, 5.41) is 0. The first-order valence-corrected chi connectivity index (χ1v) is 5.36. The number of hydrogen-bond acceptors (Lipinski definition) is 4. The summed E-state index contributed by atoms with van der Waals surface area (Å²) in [7, 11) is 0. The van der Waals surface area contributed by atoms with Gasteiger partial charge in [-0.1, -0.05) is 6.92 Å². The molecule has 2 heterocycles. The highest BCUT2D eigenvalue weighted by molar-refractivity contribution is 5.29. The van der Waals surface area contributed by atoms with Gasteiger partial charge in [0, 0.05) is 31.4 Å². The highest BCUT2D eigenvalue weighted by Gasteiger charge is 2.04. The van der Waals surface area contributed by atoms with Crippen molar-refractivity contribution >= 4 is 5.82 Å². The van der Waals surface area contributed by atoms with Crippen LogP contribution in [0.4, 0.5) is 5.82 Å². The molecule has 16 heavy (non-hydrogen) atoms. The third-order valence-electron chi connectivity index (χ3n) is 2.35. The Hall–Kier alpha value is -1.91. The lowest BCUT2D eigenvalue weighted by Crippen LogP contribution is -2.05. The van der Waals surface area contributed by atoms with Gasteiger partial charge < -0.3 is 10.3 Å². The molecular formula is C11H15N5. The van der Waals surface area contributed by atoms with Crippen molar-refractivity contribution in [1.29, 1.82) is 0 Å². The van der Waals surface area contributed by atoms with Crippen LogP contribution in [0.25, 0.3) is 0 Å². The van der Waals surface area contributed by atoms with Crippen molar-refractivity contribution in [2.24, 2.45) is 0 Å². The summed E-state index contributed by atoms with van der Waals surface area (Å²) in [6, 6.07) is 1.78. The van der Waals surface area contributed by atoms with E-state index >= 15 is 0 Å². The fourth-order valence-electron chi connectivity index (χ4n) is 1.63. The summed E-state index contributed by atoms with van der Waals surface area (Å²) in [5.74, 6) is 1.51. The first-order chi connectivity index (χ1) is 7.79. The second-order valence-electron chi connectivity index (χ2n) is 3.65. The fourth-order valence-corrected chi connectivity index (χ4v) is 1.63. The molecule has 0 aliphatic heterocycles. The molecule has 0 fully saturated rings. The van der Waals surface area contributed by atoms with Gasteiger partial charge in [0.25, 0.3) is 0 Å². The maximum atomic E-state index is 5.61. The van der Waals surface area contributed by atoms with E-state index in [1.807, 2.05) is 12.4 Å². The number of hydrogen-bond donors (Lipinski definition) is 1. The van der Waals surface area contributed by atoms with E-state index < -0.39 is 0 Å². The number of imidazole rings is 1. The van der Waals surface area contributed by atoms with E-state index in [-0.39, 0.29) is 0 Å². The Labute approximate surface area is 94.4 Å². The minimum atomic E-state index is 0.499. The van der Waals surface area contributed by atoms with E-state index in [0.29, 0.717) is 12.2 Å². The molecule has 0 aliphatic rings. The molecule has 2 N–H and O–H groups in total. The van der Waals surface area contributed by atoms with E-state index in [0.717, 1.165) is 24.5 Å². The van der Waals surface area contributed by atoms with Crippen LogP contribution in [-0.2, 0) is 13.0 Å². The maximum Gasteiger partial charge on any atom is 0.127 e. The average molecular weight is 217 g/mol. The van der Waals surface area contributed by atoms with E-state index in [9.17, 15) is 0 Å². The van der Waals surface area contributed by atoms with Gasteiger partial charge in [-0.2, -0.15) is 0 Å². The molecule has 5 heteroatoms. The second kappa shape index (κ2) is 4.74. The summed E-state index contributed by atoms with van der Waals surface area (Å²) in [5.41, 5.74) is 6.51. The predicted octanol–water partition coefficient (Wildman–Crippen LogP) is 1.26. The summed E-state index contributed by atoms with van der Waals surface area (Å²) >= 11 is 0. The standard InChI is InChI=1S/C11H15N5/c1-2-4-16-5-3-13-11(16)7-9-6-10(12)15-8-14-9/h3,5-6,8H,2,4,7H2,1H3,(H2,12,14,15). The van der Waals surface area contributed by atoms with Gasteiger partial charge in [0.05, 0.1) is 5.69 Å². The van der Waals surface area contributed by atoms with Crippen molar-refractivity contribution in [2.75, 3.05) is 5.73 Å². The molecular weight excluding hydrogens is 202 g/mol. The van der Waals surface area contributed by atoms with Crippen LogP contribution < -0.4 is 5.73 Å². The van der Waals surface area contributed by atoms with Crippen LogP contribution in [0.15, 0.2) is 24.8 Å². The summed E-state index contributed by atoms with van der Waals surface area (Å²) < 4.78 is 2.14. The van der Waals surface area contributed by atoms with Crippen LogP contribution in [-0.4, -0.2) is 19.5 Å². The smallest absolute Gasteiger partial charge is 0.127 e. The molecule has 0 radical (unpaired) electrons. The SMILES string of the molecule is CCCn1ccnc1Cc1cc(N)ncn1. The number of nitrogens with two attached hydrogens (primary N) is 1. The first kappa shape index (κ1) is 10.6. The lowest BCUT2D eigenvalue weighted by atomic mass is 10.2. The maximum absolute atomic E-state index is 5.61. The largest absolute Gasteiger partial charge is 0.384 e. The number of nitrogen functional groups attached to an aromatic ring is 1. The molecule has 0 saturated carbocycles. The van der Waals surface area contributed by atoms with Crippen molar-refractivity contribution in [2.45, 2.75) is 26.3 Å². The van der Waals surface area contributed by atoms with E-state index in [2.05, 4.69) is 26.4 Å². The number of rotatable bonds is 4. The Morgan fingerprint density at radius 2 is 2.19 bits per heavy atom. The number of nitrogens with zero attached hydrogens (tertiary/aromatic N) is 4. The Bertz CT molecular complexity index is 463. The van der Waals surface area contributed by atoms with Crippen molar-refractivity contribution in [1.82, 2.24) is 19.5 Å². The average Bonchev–Trinajstić information content (AvgIpc) is 2.66. The topological polar surface area (TPSA) is 69.6 Å². The number of anilines is 1. The Morgan fingerprint density at radius 3 is 2.94 bits per heavy atom. The molecule has 2 aromatic rings. The van der Waals surface area contributed by atoms with E-state index in [4.69, 9.17) is 5.73 Å². The zero-order chi connectivity index (χ0) is 11.4. The van der Waals surface area contributed by atoms with Gasteiger partial charge in [-0.05, 0) is 6.42 Å². The van der Waals surface area contributed by atoms with Crippen LogP contribution >= 0.6 is 0 Å². The molecule has 0 bridgehead atoms. The minimum Gasteiger partial charge on any atom is -0.384 e. The quantitative estimate of drug-likeness (QED) is 0.837.